The number of hydrogen-bond donors (Lipinski definition) is 1. The van der Waals surface area contributed by atoms with Gasteiger partial charge in [0.15, 0.2) is 0 Å². The number of ether oxygens (including phenoxy) is 1. The zero-order chi connectivity index (χ0) is 9.36. The van der Waals surface area contributed by atoms with Gasteiger partial charge in [0, 0.05) is 19.5 Å². The zero-order valence-electron chi connectivity index (χ0n) is 8.51. The minimum absolute atomic E-state index is 0.753. The van der Waals surface area contributed by atoms with Crippen molar-refractivity contribution < 1.29 is 4.74 Å². The van der Waals surface area contributed by atoms with Crippen LogP contribution in [-0.4, -0.2) is 25.7 Å². The molecule has 1 heterocycles. The largest absolute Gasteiger partial charge is 0.465 e. The molecule has 3 heteroatoms. The quantitative estimate of drug-likeness (QED) is 0.662. The molecule has 0 aliphatic carbocycles. The van der Waals surface area contributed by atoms with Crippen LogP contribution in [0.1, 0.15) is 39.0 Å². The molecular formula is C10H20N2O. The van der Waals surface area contributed by atoms with Crippen molar-refractivity contribution in [1.29, 1.82) is 0 Å². The van der Waals surface area contributed by atoms with Gasteiger partial charge in [-0.05, 0) is 6.42 Å². The van der Waals surface area contributed by atoms with E-state index in [1.807, 2.05) is 0 Å². The number of aliphatic imine (C=N–C) groups is 1. The molecule has 0 amide bonds. The second kappa shape index (κ2) is 6.75. The van der Waals surface area contributed by atoms with Crippen LogP contribution in [0.3, 0.4) is 0 Å². The molecule has 0 fully saturated rings. The molecule has 0 radical (unpaired) electrons. The van der Waals surface area contributed by atoms with E-state index in [0.717, 1.165) is 32.1 Å². The van der Waals surface area contributed by atoms with Crippen molar-refractivity contribution in [2.24, 2.45) is 4.99 Å². The molecule has 0 saturated carbocycles. The maximum Gasteiger partial charge on any atom is 0.284 e. The van der Waals surface area contributed by atoms with E-state index >= 15 is 0 Å². The lowest BCUT2D eigenvalue weighted by molar-refractivity contribution is 0.267. The van der Waals surface area contributed by atoms with Gasteiger partial charge in [-0.15, -0.1) is 0 Å². The van der Waals surface area contributed by atoms with Gasteiger partial charge >= 0.3 is 0 Å². The fourth-order valence-electron chi connectivity index (χ4n) is 1.31. The Morgan fingerprint density at radius 1 is 1.38 bits per heavy atom. The Kier molecular flexibility index (Phi) is 5.38. The fraction of sp³-hybridized carbons (Fsp3) is 0.900. The average Bonchev–Trinajstić information content (AvgIpc) is 2.19. The number of nitrogens with zero attached hydrogens (tertiary/aromatic N) is 1. The van der Waals surface area contributed by atoms with Crippen LogP contribution in [0.25, 0.3) is 0 Å². The summed E-state index contributed by atoms with van der Waals surface area (Å²) in [5.41, 5.74) is 0. The van der Waals surface area contributed by atoms with Gasteiger partial charge in [-0.1, -0.05) is 26.2 Å². The van der Waals surface area contributed by atoms with E-state index in [9.17, 15) is 0 Å². The molecule has 0 saturated heterocycles. The van der Waals surface area contributed by atoms with E-state index in [1.165, 1.54) is 25.7 Å². The van der Waals surface area contributed by atoms with Crippen LogP contribution >= 0.6 is 0 Å². The predicted octanol–water partition coefficient (Wildman–Crippen LogP) is 1.93. The molecule has 1 N–H and O–H groups in total. The highest BCUT2D eigenvalue weighted by Crippen LogP contribution is 1.98. The van der Waals surface area contributed by atoms with Crippen molar-refractivity contribution >= 4 is 6.02 Å². The third-order valence-corrected chi connectivity index (χ3v) is 2.10. The smallest absolute Gasteiger partial charge is 0.284 e. The van der Waals surface area contributed by atoms with E-state index in [2.05, 4.69) is 17.2 Å². The Bertz CT molecular complexity index is 157. The second-order valence-corrected chi connectivity index (χ2v) is 3.38. The molecule has 1 aliphatic heterocycles. The Morgan fingerprint density at radius 2 is 2.31 bits per heavy atom. The van der Waals surface area contributed by atoms with Crippen molar-refractivity contribution in [1.82, 2.24) is 5.32 Å². The number of unbranched alkanes of at least 4 members (excludes halogenated alkanes) is 3. The maximum atomic E-state index is 5.32. The van der Waals surface area contributed by atoms with Crippen LogP contribution in [0.5, 0.6) is 0 Å². The van der Waals surface area contributed by atoms with Crippen LogP contribution in [-0.2, 0) is 4.74 Å². The summed E-state index contributed by atoms with van der Waals surface area (Å²) in [6, 6.07) is 0.753. The third-order valence-electron chi connectivity index (χ3n) is 2.10. The normalized spacial score (nSPS) is 16.2. The molecule has 0 aromatic rings. The second-order valence-electron chi connectivity index (χ2n) is 3.38. The van der Waals surface area contributed by atoms with Crippen molar-refractivity contribution in [2.45, 2.75) is 39.0 Å². The van der Waals surface area contributed by atoms with Gasteiger partial charge in [-0.2, -0.15) is 0 Å². The molecule has 13 heavy (non-hydrogen) atoms. The van der Waals surface area contributed by atoms with Crippen LogP contribution in [0.4, 0.5) is 0 Å². The van der Waals surface area contributed by atoms with Gasteiger partial charge < -0.3 is 10.1 Å². The van der Waals surface area contributed by atoms with Gasteiger partial charge in [-0.3, -0.25) is 0 Å². The average molecular weight is 184 g/mol. The highest BCUT2D eigenvalue weighted by molar-refractivity contribution is 5.73. The van der Waals surface area contributed by atoms with Gasteiger partial charge in [0.25, 0.3) is 6.02 Å². The first-order chi connectivity index (χ1) is 6.43. The first-order valence-electron chi connectivity index (χ1n) is 5.34. The number of nitrogens with one attached hydrogen (secondary N) is 1. The summed E-state index contributed by atoms with van der Waals surface area (Å²) in [6.07, 6.45) is 6.19. The Labute approximate surface area is 80.6 Å². The van der Waals surface area contributed by atoms with Crippen molar-refractivity contribution in [3.8, 4) is 0 Å². The lowest BCUT2D eigenvalue weighted by atomic mass is 10.2. The first kappa shape index (κ1) is 10.4. The third kappa shape index (κ3) is 4.76. The highest BCUT2D eigenvalue weighted by Gasteiger charge is 2.03. The standard InChI is InChI=1S/C10H20N2O/c1-2-3-4-5-7-11-10-12-8-6-9-13-10/h2-9H2,1H3,(H,11,12). The summed E-state index contributed by atoms with van der Waals surface area (Å²) in [7, 11) is 0. The first-order valence-corrected chi connectivity index (χ1v) is 5.34. The van der Waals surface area contributed by atoms with Gasteiger partial charge in [0.2, 0.25) is 0 Å². The van der Waals surface area contributed by atoms with Crippen LogP contribution < -0.4 is 5.32 Å². The zero-order valence-corrected chi connectivity index (χ0v) is 8.51. The van der Waals surface area contributed by atoms with Crippen LogP contribution in [0, 0.1) is 0 Å². The Hall–Kier alpha value is -0.730. The Balaban J connectivity index is 1.95. The van der Waals surface area contributed by atoms with Crippen LogP contribution in [0.15, 0.2) is 4.99 Å². The number of amidine groups is 1. The van der Waals surface area contributed by atoms with Crippen molar-refractivity contribution in [2.75, 3.05) is 19.7 Å². The molecule has 0 bridgehead atoms. The topological polar surface area (TPSA) is 33.6 Å². The molecule has 3 nitrogen and oxygen atoms in total. The lowest BCUT2D eigenvalue weighted by Crippen LogP contribution is -2.30. The van der Waals surface area contributed by atoms with E-state index in [0.29, 0.717) is 0 Å². The molecule has 76 valence electrons. The molecule has 0 aromatic carbocycles. The number of rotatable bonds is 5. The summed E-state index contributed by atoms with van der Waals surface area (Å²) < 4.78 is 5.32. The van der Waals surface area contributed by atoms with Gasteiger partial charge in [0.1, 0.15) is 0 Å². The molecule has 1 rings (SSSR count). The lowest BCUT2D eigenvalue weighted by Gasteiger charge is -2.14. The molecule has 0 unspecified atom stereocenters. The predicted molar refractivity (Wildman–Crippen MR) is 55.0 cm³/mol. The number of hydrogen-bond acceptors (Lipinski definition) is 3. The van der Waals surface area contributed by atoms with Crippen molar-refractivity contribution in [3.05, 3.63) is 0 Å². The van der Waals surface area contributed by atoms with Crippen molar-refractivity contribution in [3.63, 3.8) is 0 Å². The SMILES string of the molecule is CCCCCCNC1=NCCCO1. The minimum Gasteiger partial charge on any atom is -0.465 e. The summed E-state index contributed by atoms with van der Waals surface area (Å²) in [6.45, 7) is 4.96. The molecule has 1 aliphatic rings. The Morgan fingerprint density at radius 3 is 3.00 bits per heavy atom. The summed E-state index contributed by atoms with van der Waals surface area (Å²) in [5.74, 6) is 0. The van der Waals surface area contributed by atoms with E-state index in [-0.39, 0.29) is 0 Å². The van der Waals surface area contributed by atoms with Gasteiger partial charge in [0.05, 0.1) is 6.61 Å². The molecule has 0 aromatic heterocycles. The monoisotopic (exact) mass is 184 g/mol. The van der Waals surface area contributed by atoms with E-state index in [1.54, 1.807) is 0 Å². The molecule has 0 atom stereocenters. The van der Waals surface area contributed by atoms with E-state index in [4.69, 9.17) is 4.74 Å². The van der Waals surface area contributed by atoms with Crippen LogP contribution in [0.2, 0.25) is 0 Å². The van der Waals surface area contributed by atoms with Gasteiger partial charge in [-0.25, -0.2) is 4.99 Å². The molecular weight excluding hydrogens is 164 g/mol. The summed E-state index contributed by atoms with van der Waals surface area (Å²) >= 11 is 0. The fourth-order valence-corrected chi connectivity index (χ4v) is 1.31. The maximum absolute atomic E-state index is 5.32. The summed E-state index contributed by atoms with van der Waals surface area (Å²) in [5, 5.41) is 3.21. The highest BCUT2D eigenvalue weighted by atomic mass is 16.5. The summed E-state index contributed by atoms with van der Waals surface area (Å²) in [4.78, 5) is 4.23. The van der Waals surface area contributed by atoms with E-state index < -0.39 is 0 Å². The molecule has 0 spiro atoms. The minimum atomic E-state index is 0.753.